The van der Waals surface area contributed by atoms with E-state index in [1.807, 2.05) is 13.8 Å². The molecule has 0 fully saturated rings. The first kappa shape index (κ1) is 15.2. The van der Waals surface area contributed by atoms with E-state index in [0.29, 0.717) is 5.75 Å². The molecule has 4 nitrogen and oxygen atoms in total. The highest BCUT2D eigenvalue weighted by Crippen LogP contribution is 2.28. The molecule has 0 aliphatic rings. The van der Waals surface area contributed by atoms with Crippen molar-refractivity contribution in [3.05, 3.63) is 24.3 Å². The second kappa shape index (κ2) is 7.56. The van der Waals surface area contributed by atoms with Crippen LogP contribution in [0.25, 0.3) is 0 Å². The normalized spacial score (nSPS) is 10.3. The molecule has 0 saturated carbocycles. The predicted octanol–water partition coefficient (Wildman–Crippen LogP) is 3.34. The van der Waals surface area contributed by atoms with Crippen molar-refractivity contribution in [3.8, 4) is 11.5 Å². The lowest BCUT2D eigenvalue weighted by atomic mass is 10.0. The Bertz CT molecular complexity index is 436. The van der Waals surface area contributed by atoms with E-state index in [1.165, 1.54) is 0 Å². The second-order valence-electron chi connectivity index (χ2n) is 4.21. The van der Waals surface area contributed by atoms with Gasteiger partial charge in [0.1, 0.15) is 0 Å². The van der Waals surface area contributed by atoms with Gasteiger partial charge in [-0.2, -0.15) is 0 Å². The molecule has 0 heterocycles. The Hall–Kier alpha value is -1.84. The molecule has 0 amide bonds. The molecule has 1 aromatic rings. The first-order chi connectivity index (χ1) is 9.12. The van der Waals surface area contributed by atoms with Crippen LogP contribution in [0.5, 0.6) is 11.5 Å². The molecule has 0 radical (unpaired) electrons. The van der Waals surface area contributed by atoms with Crippen LogP contribution in [0.2, 0.25) is 0 Å². The highest BCUT2D eigenvalue weighted by atomic mass is 16.6. The SMILES string of the molecule is CCC(=O)Oc1ccccc1OC(=O)C(CC)CC. The van der Waals surface area contributed by atoms with Crippen LogP contribution < -0.4 is 9.47 Å². The molecule has 19 heavy (non-hydrogen) atoms. The number of rotatable bonds is 6. The summed E-state index contributed by atoms with van der Waals surface area (Å²) < 4.78 is 10.4. The maximum atomic E-state index is 11.9. The molecule has 0 aliphatic carbocycles. The topological polar surface area (TPSA) is 52.6 Å². The first-order valence-corrected chi connectivity index (χ1v) is 6.63. The van der Waals surface area contributed by atoms with E-state index in [1.54, 1.807) is 31.2 Å². The Labute approximate surface area is 113 Å². The summed E-state index contributed by atoms with van der Waals surface area (Å²) in [7, 11) is 0. The van der Waals surface area contributed by atoms with Crippen molar-refractivity contribution in [2.45, 2.75) is 40.0 Å². The summed E-state index contributed by atoms with van der Waals surface area (Å²) in [4.78, 5) is 23.2. The summed E-state index contributed by atoms with van der Waals surface area (Å²) in [5, 5.41) is 0. The molecule has 0 unspecified atom stereocenters. The second-order valence-corrected chi connectivity index (χ2v) is 4.21. The predicted molar refractivity (Wildman–Crippen MR) is 72.1 cm³/mol. The van der Waals surface area contributed by atoms with Crippen LogP contribution in [0.4, 0.5) is 0 Å². The number of hydrogen-bond acceptors (Lipinski definition) is 4. The van der Waals surface area contributed by atoms with Gasteiger partial charge in [-0.1, -0.05) is 32.9 Å². The zero-order chi connectivity index (χ0) is 14.3. The largest absolute Gasteiger partial charge is 0.423 e. The summed E-state index contributed by atoms with van der Waals surface area (Å²) in [5.74, 6) is -0.194. The van der Waals surface area contributed by atoms with E-state index in [-0.39, 0.29) is 30.0 Å². The van der Waals surface area contributed by atoms with Gasteiger partial charge in [-0.15, -0.1) is 0 Å². The van der Waals surface area contributed by atoms with E-state index in [0.717, 1.165) is 12.8 Å². The van der Waals surface area contributed by atoms with Crippen molar-refractivity contribution in [1.82, 2.24) is 0 Å². The highest BCUT2D eigenvalue weighted by Gasteiger charge is 2.19. The number of carbonyl (C=O) groups excluding carboxylic acids is 2. The van der Waals surface area contributed by atoms with Crippen molar-refractivity contribution >= 4 is 11.9 Å². The summed E-state index contributed by atoms with van der Waals surface area (Å²) in [6, 6.07) is 6.70. The quantitative estimate of drug-likeness (QED) is 0.584. The third-order valence-electron chi connectivity index (χ3n) is 2.89. The molecule has 0 aromatic heterocycles. The van der Waals surface area contributed by atoms with Gasteiger partial charge in [0.05, 0.1) is 5.92 Å². The average molecular weight is 264 g/mol. The Kier molecular flexibility index (Phi) is 6.06. The smallest absolute Gasteiger partial charge is 0.314 e. The van der Waals surface area contributed by atoms with Crippen LogP contribution in [-0.2, 0) is 9.59 Å². The van der Waals surface area contributed by atoms with Gasteiger partial charge >= 0.3 is 11.9 Å². The van der Waals surface area contributed by atoms with E-state index >= 15 is 0 Å². The monoisotopic (exact) mass is 264 g/mol. The number of esters is 2. The lowest BCUT2D eigenvalue weighted by molar-refractivity contribution is -0.140. The summed E-state index contributed by atoms with van der Waals surface area (Å²) in [6.07, 6.45) is 1.73. The maximum Gasteiger partial charge on any atom is 0.314 e. The average Bonchev–Trinajstić information content (AvgIpc) is 2.42. The number of ether oxygens (including phenoxy) is 2. The molecular formula is C15H20O4. The van der Waals surface area contributed by atoms with Gasteiger partial charge in [-0.3, -0.25) is 9.59 Å². The molecule has 0 N–H and O–H groups in total. The van der Waals surface area contributed by atoms with E-state index < -0.39 is 0 Å². The van der Waals surface area contributed by atoms with Crippen LogP contribution in [-0.4, -0.2) is 11.9 Å². The third kappa shape index (κ3) is 4.39. The molecule has 104 valence electrons. The van der Waals surface area contributed by atoms with Gasteiger partial charge in [-0.05, 0) is 25.0 Å². The lowest BCUT2D eigenvalue weighted by Gasteiger charge is -2.13. The van der Waals surface area contributed by atoms with E-state index in [9.17, 15) is 9.59 Å². The van der Waals surface area contributed by atoms with Crippen LogP contribution in [0.15, 0.2) is 24.3 Å². The zero-order valence-corrected chi connectivity index (χ0v) is 11.6. The molecule has 1 rings (SSSR count). The number of hydrogen-bond donors (Lipinski definition) is 0. The Morgan fingerprint density at radius 3 is 2.00 bits per heavy atom. The maximum absolute atomic E-state index is 11.9. The zero-order valence-electron chi connectivity index (χ0n) is 11.6. The van der Waals surface area contributed by atoms with Crippen molar-refractivity contribution in [2.75, 3.05) is 0 Å². The summed E-state index contributed by atoms with van der Waals surface area (Å²) >= 11 is 0. The van der Waals surface area contributed by atoms with Gasteiger partial charge in [0, 0.05) is 6.42 Å². The minimum atomic E-state index is -0.356. The van der Waals surface area contributed by atoms with Gasteiger partial charge in [-0.25, -0.2) is 0 Å². The van der Waals surface area contributed by atoms with Gasteiger partial charge in [0.25, 0.3) is 0 Å². The minimum Gasteiger partial charge on any atom is -0.423 e. The molecule has 0 spiro atoms. The molecule has 1 aromatic carbocycles. The molecule has 0 aliphatic heterocycles. The van der Waals surface area contributed by atoms with Gasteiger partial charge in [0.15, 0.2) is 11.5 Å². The van der Waals surface area contributed by atoms with Crippen LogP contribution in [0.1, 0.15) is 40.0 Å². The highest BCUT2D eigenvalue weighted by molar-refractivity contribution is 5.77. The summed E-state index contributed by atoms with van der Waals surface area (Å²) in [6.45, 7) is 5.60. The molecule has 0 atom stereocenters. The van der Waals surface area contributed by atoms with E-state index in [2.05, 4.69) is 0 Å². The minimum absolute atomic E-state index is 0.130. The Morgan fingerprint density at radius 1 is 1.00 bits per heavy atom. The fourth-order valence-electron chi connectivity index (χ4n) is 1.63. The molecule has 4 heteroatoms. The lowest BCUT2D eigenvalue weighted by Crippen LogP contribution is -2.19. The molecule has 0 bridgehead atoms. The fourth-order valence-corrected chi connectivity index (χ4v) is 1.63. The third-order valence-corrected chi connectivity index (χ3v) is 2.89. The standard InChI is InChI=1S/C15H20O4/c1-4-11(5-2)15(17)19-13-10-8-7-9-12(13)18-14(16)6-3/h7-11H,4-6H2,1-3H3. The van der Waals surface area contributed by atoms with Crippen LogP contribution in [0, 0.1) is 5.92 Å². The van der Waals surface area contributed by atoms with Crippen molar-refractivity contribution in [3.63, 3.8) is 0 Å². The van der Waals surface area contributed by atoms with Gasteiger partial charge < -0.3 is 9.47 Å². The Morgan fingerprint density at radius 2 is 1.53 bits per heavy atom. The number of carbonyl (C=O) groups is 2. The fraction of sp³-hybridized carbons (Fsp3) is 0.467. The van der Waals surface area contributed by atoms with Crippen molar-refractivity contribution in [2.24, 2.45) is 5.92 Å². The first-order valence-electron chi connectivity index (χ1n) is 6.63. The molecular weight excluding hydrogens is 244 g/mol. The van der Waals surface area contributed by atoms with Crippen molar-refractivity contribution in [1.29, 1.82) is 0 Å². The number of para-hydroxylation sites is 2. The Balaban J connectivity index is 2.83. The number of benzene rings is 1. The van der Waals surface area contributed by atoms with Gasteiger partial charge in [0.2, 0.25) is 0 Å². The molecule has 0 saturated heterocycles. The van der Waals surface area contributed by atoms with Crippen LogP contribution in [0.3, 0.4) is 0 Å². The summed E-state index contributed by atoms with van der Waals surface area (Å²) in [5.41, 5.74) is 0. The van der Waals surface area contributed by atoms with Crippen molar-refractivity contribution < 1.29 is 19.1 Å². The van der Waals surface area contributed by atoms with Crippen LogP contribution >= 0.6 is 0 Å². The van der Waals surface area contributed by atoms with E-state index in [4.69, 9.17) is 9.47 Å².